The van der Waals surface area contributed by atoms with Gasteiger partial charge < -0.3 is 23.3 Å². The SMILES string of the molecule is COc1c(C)c(O[Si](c2ccccc2)(c2ccccc2)C(C)(C)C)c2c(cc3n2C[C@@H](O)[C@@H]3N=[N+]=[N-])c1O[Si](c1ccccc1)(c1ccccc1)C(C)(C)C. The minimum Gasteiger partial charge on any atom is -0.532 e. The summed E-state index contributed by atoms with van der Waals surface area (Å²) in [5, 5.41) is 20.1. The summed E-state index contributed by atoms with van der Waals surface area (Å²) >= 11 is 0. The summed E-state index contributed by atoms with van der Waals surface area (Å²) in [6, 6.07) is 43.4. The number of nitrogens with zero attached hydrogens (tertiary/aromatic N) is 4. The highest BCUT2D eigenvalue weighted by Crippen LogP contribution is 2.53. The van der Waals surface area contributed by atoms with Crippen molar-refractivity contribution in [2.24, 2.45) is 5.11 Å². The maximum absolute atomic E-state index is 11.4. The van der Waals surface area contributed by atoms with Crippen LogP contribution in [-0.4, -0.2) is 39.5 Å². The molecular formula is C45H50N4O4Si2. The molecule has 282 valence electrons. The normalized spacial score (nSPS) is 16.0. The molecule has 1 aliphatic heterocycles. The third-order valence-corrected chi connectivity index (χ3v) is 21.1. The van der Waals surface area contributed by atoms with E-state index in [4.69, 9.17) is 13.6 Å². The van der Waals surface area contributed by atoms with Crippen molar-refractivity contribution in [3.8, 4) is 17.2 Å². The molecule has 0 bridgehead atoms. The molecule has 0 spiro atoms. The molecule has 1 aromatic heterocycles. The maximum Gasteiger partial charge on any atom is 0.320 e. The van der Waals surface area contributed by atoms with Crippen molar-refractivity contribution in [3.05, 3.63) is 149 Å². The Labute approximate surface area is 326 Å². The number of aliphatic hydroxyl groups is 1. The maximum atomic E-state index is 11.4. The quantitative estimate of drug-likeness (QED) is 0.0654. The van der Waals surface area contributed by atoms with Gasteiger partial charge in [0.25, 0.3) is 0 Å². The Hall–Kier alpha value is -5.26. The molecule has 55 heavy (non-hydrogen) atoms. The summed E-state index contributed by atoms with van der Waals surface area (Å²) in [7, 11) is -4.66. The lowest BCUT2D eigenvalue weighted by Gasteiger charge is -2.44. The first-order chi connectivity index (χ1) is 26.3. The second-order valence-corrected chi connectivity index (χ2v) is 24.9. The molecule has 0 unspecified atom stereocenters. The van der Waals surface area contributed by atoms with Gasteiger partial charge in [-0.3, -0.25) is 0 Å². The third-order valence-electron chi connectivity index (χ3n) is 11.2. The first-order valence-electron chi connectivity index (χ1n) is 18.9. The van der Waals surface area contributed by atoms with Gasteiger partial charge in [0.15, 0.2) is 11.5 Å². The zero-order valence-corrected chi connectivity index (χ0v) is 34.9. The average Bonchev–Trinajstić information content (AvgIpc) is 3.69. The Morgan fingerprint density at radius 2 is 1.07 bits per heavy atom. The van der Waals surface area contributed by atoms with Gasteiger partial charge in [0.2, 0.25) is 0 Å². The summed E-state index contributed by atoms with van der Waals surface area (Å²) in [5.74, 6) is 1.85. The molecule has 5 aromatic carbocycles. The standard InChI is InChI=1S/C45H50N4O4Si2/c1-31-41(52-54(44(2,3)4,32-21-13-9-14-22-32)33-23-15-10-16-24-33)40-36(29-37-39(47-48-46)38(50)30-49(37)40)43(42(31)51-8)53-55(45(5,6)7,34-25-17-11-18-26-34)35-27-19-12-20-28-35/h9-29,38-39,50H,30H2,1-8H3/t38-,39-/m1/s1. The largest absolute Gasteiger partial charge is 0.532 e. The Bertz CT molecular complexity index is 2270. The second kappa shape index (κ2) is 14.4. The molecule has 0 saturated carbocycles. The van der Waals surface area contributed by atoms with E-state index in [1.807, 2.05) is 37.3 Å². The fourth-order valence-corrected chi connectivity index (χ4v) is 17.7. The van der Waals surface area contributed by atoms with Crippen molar-refractivity contribution < 1.29 is 18.7 Å². The molecule has 0 radical (unpaired) electrons. The number of rotatable bonds is 10. The van der Waals surface area contributed by atoms with Crippen LogP contribution in [0.3, 0.4) is 0 Å². The van der Waals surface area contributed by atoms with Crippen LogP contribution in [0, 0.1) is 6.92 Å². The van der Waals surface area contributed by atoms with E-state index >= 15 is 0 Å². The van der Waals surface area contributed by atoms with Crippen molar-refractivity contribution >= 4 is 48.3 Å². The van der Waals surface area contributed by atoms with Crippen molar-refractivity contribution in [3.63, 3.8) is 0 Å². The lowest BCUT2D eigenvalue weighted by Crippen LogP contribution is -2.69. The van der Waals surface area contributed by atoms with E-state index in [1.54, 1.807) is 7.11 Å². The highest BCUT2D eigenvalue weighted by molar-refractivity contribution is 7.00. The molecule has 0 saturated heterocycles. The molecule has 0 fully saturated rings. The van der Waals surface area contributed by atoms with E-state index in [0.717, 1.165) is 37.2 Å². The Kier molecular flexibility index (Phi) is 9.98. The first kappa shape index (κ1) is 38.0. The van der Waals surface area contributed by atoms with Gasteiger partial charge in [-0.15, -0.1) is 0 Å². The molecule has 6 aromatic rings. The lowest BCUT2D eigenvalue weighted by molar-refractivity contribution is 0.150. The molecule has 2 heterocycles. The monoisotopic (exact) mass is 766 g/mol. The van der Waals surface area contributed by atoms with Gasteiger partial charge in [0.1, 0.15) is 11.8 Å². The number of aliphatic hydroxyl groups excluding tert-OH is 1. The van der Waals surface area contributed by atoms with Crippen molar-refractivity contribution in [2.45, 2.75) is 77.2 Å². The molecule has 10 heteroatoms. The number of azide groups is 1. The molecule has 1 N–H and O–H groups in total. The third kappa shape index (κ3) is 6.14. The van der Waals surface area contributed by atoms with Crippen LogP contribution in [0.4, 0.5) is 0 Å². The minimum absolute atomic E-state index is 0.226. The van der Waals surface area contributed by atoms with Crippen LogP contribution in [0.5, 0.6) is 17.2 Å². The van der Waals surface area contributed by atoms with Crippen LogP contribution in [0.15, 0.2) is 133 Å². The summed E-state index contributed by atoms with van der Waals surface area (Å²) in [4.78, 5) is 3.15. The Morgan fingerprint density at radius 3 is 1.44 bits per heavy atom. The lowest BCUT2D eigenvalue weighted by atomic mass is 10.1. The zero-order valence-electron chi connectivity index (χ0n) is 32.9. The van der Waals surface area contributed by atoms with Crippen molar-refractivity contribution in [2.75, 3.05) is 7.11 Å². The molecular weight excluding hydrogens is 717 g/mol. The van der Waals surface area contributed by atoms with E-state index in [-0.39, 0.29) is 16.6 Å². The zero-order chi connectivity index (χ0) is 39.2. The van der Waals surface area contributed by atoms with Crippen LogP contribution in [0.1, 0.15) is 58.8 Å². The summed E-state index contributed by atoms with van der Waals surface area (Å²) < 4.78 is 24.2. The number of hydrogen-bond acceptors (Lipinski definition) is 5. The van der Waals surface area contributed by atoms with E-state index in [2.05, 4.69) is 153 Å². The van der Waals surface area contributed by atoms with Crippen LogP contribution in [0.2, 0.25) is 10.1 Å². The van der Waals surface area contributed by atoms with Gasteiger partial charge in [-0.1, -0.05) is 168 Å². The Balaban J connectivity index is 1.60. The predicted molar refractivity (Wildman–Crippen MR) is 228 cm³/mol. The van der Waals surface area contributed by atoms with Crippen LogP contribution < -0.4 is 34.3 Å². The predicted octanol–water partition coefficient (Wildman–Crippen LogP) is 8.56. The fourth-order valence-electron chi connectivity index (χ4n) is 8.75. The second-order valence-electron chi connectivity index (χ2n) is 16.5. The Morgan fingerprint density at radius 1 is 0.673 bits per heavy atom. The number of aromatic nitrogens is 1. The van der Waals surface area contributed by atoms with Crippen molar-refractivity contribution in [1.29, 1.82) is 0 Å². The number of ether oxygens (including phenoxy) is 1. The molecule has 0 aliphatic carbocycles. The van der Waals surface area contributed by atoms with Crippen LogP contribution in [-0.2, 0) is 6.54 Å². The van der Waals surface area contributed by atoms with E-state index in [1.165, 1.54) is 0 Å². The summed E-state index contributed by atoms with van der Waals surface area (Å²) in [5.41, 5.74) is 11.9. The topological polar surface area (TPSA) is 102 Å². The molecule has 1 aliphatic rings. The minimum atomic E-state index is -3.18. The van der Waals surface area contributed by atoms with Crippen LogP contribution >= 0.6 is 0 Å². The van der Waals surface area contributed by atoms with Gasteiger partial charge in [-0.25, -0.2) is 0 Å². The van der Waals surface area contributed by atoms with Gasteiger partial charge in [-0.05, 0) is 49.3 Å². The van der Waals surface area contributed by atoms with Gasteiger partial charge >= 0.3 is 16.6 Å². The number of hydrogen-bond donors (Lipinski definition) is 1. The number of methoxy groups -OCH3 is 1. The fraction of sp³-hybridized carbons (Fsp3) is 0.289. The summed E-state index contributed by atoms with van der Waals surface area (Å²) in [6.45, 7) is 15.8. The highest BCUT2D eigenvalue weighted by atomic mass is 28.4. The molecule has 0 amide bonds. The van der Waals surface area contributed by atoms with Crippen LogP contribution in [0.25, 0.3) is 21.3 Å². The average molecular weight is 767 g/mol. The van der Waals surface area contributed by atoms with E-state index in [0.29, 0.717) is 22.9 Å². The van der Waals surface area contributed by atoms with E-state index in [9.17, 15) is 10.6 Å². The summed E-state index contributed by atoms with van der Waals surface area (Å²) in [6.07, 6.45) is -0.903. The van der Waals surface area contributed by atoms with Gasteiger partial charge in [-0.2, -0.15) is 0 Å². The molecule has 7 rings (SSSR count). The van der Waals surface area contributed by atoms with Gasteiger partial charge in [0.05, 0.1) is 18.7 Å². The number of fused-ring (bicyclic) bond motifs is 3. The number of benzene rings is 5. The highest BCUT2D eigenvalue weighted by Gasteiger charge is 2.55. The van der Waals surface area contributed by atoms with E-state index < -0.39 is 28.8 Å². The molecule has 8 nitrogen and oxygen atoms in total. The smallest absolute Gasteiger partial charge is 0.320 e. The first-order valence-corrected chi connectivity index (χ1v) is 22.7. The van der Waals surface area contributed by atoms with Crippen molar-refractivity contribution in [1.82, 2.24) is 4.57 Å². The molecule has 2 atom stereocenters. The van der Waals surface area contributed by atoms with Gasteiger partial charge in [0, 0.05) is 28.1 Å².